The van der Waals surface area contributed by atoms with Crippen LogP contribution in [0.3, 0.4) is 0 Å². The fourth-order valence-corrected chi connectivity index (χ4v) is 2.70. The molecule has 0 aliphatic rings. The molecule has 0 aliphatic carbocycles. The molecule has 5 heteroatoms. The Morgan fingerprint density at radius 1 is 1.40 bits per heavy atom. The van der Waals surface area contributed by atoms with Crippen molar-refractivity contribution in [2.75, 3.05) is 12.4 Å². The summed E-state index contributed by atoms with van der Waals surface area (Å²) in [6, 6.07) is 8.84. The van der Waals surface area contributed by atoms with Crippen molar-refractivity contribution in [3.8, 4) is 5.75 Å². The molecule has 0 N–H and O–H groups in total. The maximum atomic E-state index is 12.2. The Morgan fingerprint density at radius 3 is 2.95 bits per heavy atom. The number of rotatable bonds is 7. The van der Waals surface area contributed by atoms with Crippen molar-refractivity contribution in [2.24, 2.45) is 0 Å². The van der Waals surface area contributed by atoms with Gasteiger partial charge < -0.3 is 9.15 Å². The van der Waals surface area contributed by atoms with Crippen LogP contribution in [-0.2, 0) is 5.75 Å². The number of Topliss-reactive ketones (excluding diaryl/α,β-unsaturated/α-hetero) is 1. The van der Waals surface area contributed by atoms with E-state index in [2.05, 4.69) is 0 Å². The van der Waals surface area contributed by atoms with Crippen LogP contribution < -0.4 is 4.74 Å². The van der Waals surface area contributed by atoms with Gasteiger partial charge in [0.25, 0.3) is 0 Å². The number of ether oxygens (including phenoxy) is 1. The van der Waals surface area contributed by atoms with E-state index in [4.69, 9.17) is 20.8 Å². The maximum Gasteiger partial charge on any atom is 0.176 e. The van der Waals surface area contributed by atoms with Crippen molar-refractivity contribution in [3.63, 3.8) is 0 Å². The highest BCUT2D eigenvalue weighted by molar-refractivity contribution is 7.99. The SMILES string of the molecule is CCOc1ccc(Cl)cc1C(=O)CSCc1ccco1. The van der Waals surface area contributed by atoms with Gasteiger partial charge in [0.1, 0.15) is 11.5 Å². The lowest BCUT2D eigenvalue weighted by Crippen LogP contribution is -2.06. The van der Waals surface area contributed by atoms with Crippen molar-refractivity contribution in [1.29, 1.82) is 0 Å². The first-order chi connectivity index (χ1) is 9.70. The van der Waals surface area contributed by atoms with Crippen LogP contribution in [-0.4, -0.2) is 18.1 Å². The zero-order chi connectivity index (χ0) is 14.4. The van der Waals surface area contributed by atoms with Crippen molar-refractivity contribution in [2.45, 2.75) is 12.7 Å². The predicted molar refractivity (Wildman–Crippen MR) is 81.8 cm³/mol. The van der Waals surface area contributed by atoms with Crippen molar-refractivity contribution >= 4 is 29.1 Å². The summed E-state index contributed by atoms with van der Waals surface area (Å²) in [4.78, 5) is 12.2. The third kappa shape index (κ3) is 4.05. The zero-order valence-electron chi connectivity index (χ0n) is 11.1. The van der Waals surface area contributed by atoms with E-state index >= 15 is 0 Å². The molecular formula is C15H15ClO3S. The first kappa shape index (κ1) is 15.0. The fraction of sp³-hybridized carbons (Fsp3) is 0.267. The van der Waals surface area contributed by atoms with Crippen molar-refractivity contribution in [3.05, 3.63) is 52.9 Å². The number of hydrogen-bond acceptors (Lipinski definition) is 4. The van der Waals surface area contributed by atoms with Gasteiger partial charge in [-0.1, -0.05) is 11.6 Å². The molecule has 0 bridgehead atoms. The number of furan rings is 1. The van der Waals surface area contributed by atoms with Crippen LogP contribution in [0.4, 0.5) is 0 Å². The van der Waals surface area contributed by atoms with E-state index in [1.54, 1.807) is 24.5 Å². The average molecular weight is 311 g/mol. The molecule has 2 aromatic rings. The molecule has 0 atom stereocenters. The molecule has 0 fully saturated rings. The largest absolute Gasteiger partial charge is 0.493 e. The lowest BCUT2D eigenvalue weighted by atomic mass is 10.1. The van der Waals surface area contributed by atoms with E-state index in [9.17, 15) is 4.79 Å². The fourth-order valence-electron chi connectivity index (χ4n) is 1.72. The summed E-state index contributed by atoms with van der Waals surface area (Å²) >= 11 is 7.45. The van der Waals surface area contributed by atoms with E-state index in [0.29, 0.717) is 34.4 Å². The minimum absolute atomic E-state index is 0.00695. The number of hydrogen-bond donors (Lipinski definition) is 0. The van der Waals surface area contributed by atoms with Gasteiger partial charge in [-0.15, -0.1) is 11.8 Å². The summed E-state index contributed by atoms with van der Waals surface area (Å²) in [5.41, 5.74) is 0.534. The Balaban J connectivity index is 1.99. The molecule has 0 saturated carbocycles. The zero-order valence-corrected chi connectivity index (χ0v) is 12.7. The number of ketones is 1. The summed E-state index contributed by atoms with van der Waals surface area (Å²) in [6.07, 6.45) is 1.63. The molecule has 3 nitrogen and oxygen atoms in total. The van der Waals surface area contributed by atoms with Crippen LogP contribution >= 0.6 is 23.4 Å². The smallest absolute Gasteiger partial charge is 0.176 e. The lowest BCUT2D eigenvalue weighted by molar-refractivity contribution is 0.101. The topological polar surface area (TPSA) is 39.4 Å². The van der Waals surface area contributed by atoms with E-state index < -0.39 is 0 Å². The Bertz CT molecular complexity index is 567. The molecule has 0 spiro atoms. The van der Waals surface area contributed by atoms with Gasteiger partial charge in [-0.3, -0.25) is 4.79 Å². The van der Waals surface area contributed by atoms with Gasteiger partial charge >= 0.3 is 0 Å². The molecule has 1 aromatic heterocycles. The first-order valence-electron chi connectivity index (χ1n) is 6.26. The molecule has 106 valence electrons. The summed E-state index contributed by atoms with van der Waals surface area (Å²) in [5.74, 6) is 2.48. The van der Waals surface area contributed by atoms with Crippen LogP contribution in [0, 0.1) is 0 Å². The van der Waals surface area contributed by atoms with Gasteiger partial charge in [-0.25, -0.2) is 0 Å². The molecule has 0 amide bonds. The number of benzene rings is 1. The third-order valence-corrected chi connectivity index (χ3v) is 3.79. The minimum atomic E-state index is 0.00695. The Labute approximate surface area is 127 Å². The van der Waals surface area contributed by atoms with Gasteiger partial charge in [0.15, 0.2) is 5.78 Å². The van der Waals surface area contributed by atoms with Crippen LogP contribution in [0.25, 0.3) is 0 Å². The van der Waals surface area contributed by atoms with E-state index in [0.717, 1.165) is 5.76 Å². The van der Waals surface area contributed by atoms with Gasteiger partial charge in [0.2, 0.25) is 0 Å². The minimum Gasteiger partial charge on any atom is -0.493 e. The van der Waals surface area contributed by atoms with Crippen LogP contribution in [0.15, 0.2) is 41.0 Å². The Morgan fingerprint density at radius 2 is 2.25 bits per heavy atom. The number of carbonyl (C=O) groups is 1. The first-order valence-corrected chi connectivity index (χ1v) is 7.79. The molecule has 20 heavy (non-hydrogen) atoms. The summed E-state index contributed by atoms with van der Waals surface area (Å²) in [6.45, 7) is 2.40. The second-order valence-electron chi connectivity index (χ2n) is 4.07. The Kier molecular flexibility index (Phi) is 5.56. The van der Waals surface area contributed by atoms with E-state index in [1.165, 1.54) is 11.8 Å². The number of carbonyl (C=O) groups excluding carboxylic acids is 1. The number of thioether (sulfide) groups is 1. The lowest BCUT2D eigenvalue weighted by Gasteiger charge is -2.09. The standard InChI is InChI=1S/C15H15ClO3S/c1-2-18-15-6-5-11(16)8-13(15)14(17)10-20-9-12-4-3-7-19-12/h3-8H,2,9-10H2,1H3. The van der Waals surface area contributed by atoms with Crippen LogP contribution in [0.2, 0.25) is 5.02 Å². The second-order valence-corrected chi connectivity index (χ2v) is 5.49. The highest BCUT2D eigenvalue weighted by Gasteiger charge is 2.13. The summed E-state index contributed by atoms with van der Waals surface area (Å²) in [5, 5.41) is 0.535. The quantitative estimate of drug-likeness (QED) is 0.708. The maximum absolute atomic E-state index is 12.2. The highest BCUT2D eigenvalue weighted by atomic mass is 35.5. The normalized spacial score (nSPS) is 10.5. The molecule has 0 aliphatic heterocycles. The number of halogens is 1. The van der Waals surface area contributed by atoms with Crippen LogP contribution in [0.1, 0.15) is 23.0 Å². The second kappa shape index (κ2) is 7.41. The summed E-state index contributed by atoms with van der Waals surface area (Å²) in [7, 11) is 0. The average Bonchev–Trinajstić information content (AvgIpc) is 2.94. The predicted octanol–water partition coefficient (Wildman–Crippen LogP) is 4.45. The molecule has 0 unspecified atom stereocenters. The van der Waals surface area contributed by atoms with Gasteiger partial charge in [-0.2, -0.15) is 0 Å². The van der Waals surface area contributed by atoms with Gasteiger partial charge in [0.05, 0.1) is 29.9 Å². The molecule has 1 aromatic carbocycles. The Hall–Kier alpha value is -1.39. The summed E-state index contributed by atoms with van der Waals surface area (Å²) < 4.78 is 10.7. The van der Waals surface area contributed by atoms with Crippen molar-refractivity contribution in [1.82, 2.24) is 0 Å². The molecule has 0 saturated heterocycles. The molecular weight excluding hydrogens is 296 g/mol. The third-order valence-electron chi connectivity index (χ3n) is 2.60. The van der Waals surface area contributed by atoms with Crippen LogP contribution in [0.5, 0.6) is 5.75 Å². The van der Waals surface area contributed by atoms with Gasteiger partial charge in [-0.05, 0) is 37.3 Å². The van der Waals surface area contributed by atoms with E-state index in [-0.39, 0.29) is 5.78 Å². The van der Waals surface area contributed by atoms with Gasteiger partial charge in [0, 0.05) is 5.02 Å². The molecule has 1 heterocycles. The highest BCUT2D eigenvalue weighted by Crippen LogP contribution is 2.25. The monoisotopic (exact) mass is 310 g/mol. The van der Waals surface area contributed by atoms with E-state index in [1.807, 2.05) is 19.1 Å². The van der Waals surface area contributed by atoms with Crippen molar-refractivity contribution < 1.29 is 13.9 Å². The molecule has 0 radical (unpaired) electrons. The molecule has 2 rings (SSSR count).